The lowest BCUT2D eigenvalue weighted by atomic mass is 9.76. The molecule has 340 valence electrons. The molecule has 15 heteroatoms. The number of fused-ring (bicyclic) bond motifs is 2. The Kier molecular flexibility index (Phi) is 13.3. The summed E-state index contributed by atoms with van der Waals surface area (Å²) in [6.07, 6.45) is 4.53. The Balaban J connectivity index is 1.16. The number of ketones is 1. The predicted molar refractivity (Wildman–Crippen MR) is 233 cm³/mol. The van der Waals surface area contributed by atoms with Crippen LogP contribution in [0.4, 0.5) is 17.6 Å². The van der Waals surface area contributed by atoms with Gasteiger partial charge >= 0.3 is 0 Å². The number of imidazole rings is 1. The fraction of sp³-hybridized carbons (Fsp3) is 0.604. The molecule has 2 saturated heterocycles. The fourth-order valence-corrected chi connectivity index (χ4v) is 10.4. The number of carbonyl (C=O) groups excluding carboxylic acids is 4. The standard InChI is InChI=1S/C48H61F4N7O4/c1-5-26(2)46(61)56-43(29-11-12-29)48(63)58-24-33(52)18-35(58)25-59-41-16-14-31(50)20-40(41)55-45(59)44-38(36-15-13-30(49)19-39(36)54-44)21-34-17-32(51)23-57(34)47(62)37(22-42(60)27(3)53-4)28-9-7-6-8-10-28/h13-16,19-20,26-29,32-35,37,43,53-54H,5-12,17-18,21-25H2,1-4H3,(H,56,61). The van der Waals surface area contributed by atoms with Gasteiger partial charge in [-0.25, -0.2) is 22.5 Å². The van der Waals surface area contributed by atoms with E-state index in [2.05, 4.69) is 15.6 Å². The van der Waals surface area contributed by atoms with E-state index in [9.17, 15) is 28.0 Å². The van der Waals surface area contributed by atoms with E-state index >= 15 is 8.78 Å². The zero-order valence-corrected chi connectivity index (χ0v) is 36.8. The molecule has 4 heterocycles. The highest BCUT2D eigenvalue weighted by Crippen LogP contribution is 2.40. The van der Waals surface area contributed by atoms with Gasteiger partial charge in [0, 0.05) is 60.7 Å². The summed E-state index contributed by atoms with van der Waals surface area (Å²) in [5, 5.41) is 6.60. The number of likely N-dealkylation sites (N-methyl/N-ethyl adjacent to an activating group) is 1. The molecule has 2 saturated carbocycles. The van der Waals surface area contributed by atoms with Crippen LogP contribution in [0.15, 0.2) is 36.4 Å². The fourth-order valence-electron chi connectivity index (χ4n) is 10.4. The summed E-state index contributed by atoms with van der Waals surface area (Å²) in [7, 11) is 1.71. The second-order valence-electron chi connectivity index (χ2n) is 18.8. The Hall–Kier alpha value is -4.79. The first-order valence-corrected chi connectivity index (χ1v) is 23.1. The van der Waals surface area contributed by atoms with E-state index in [4.69, 9.17) is 4.98 Å². The zero-order valence-electron chi connectivity index (χ0n) is 36.8. The van der Waals surface area contributed by atoms with Gasteiger partial charge in [-0.3, -0.25) is 19.2 Å². The lowest BCUT2D eigenvalue weighted by Gasteiger charge is -2.35. The van der Waals surface area contributed by atoms with Gasteiger partial charge < -0.3 is 30.0 Å². The number of hydrogen-bond acceptors (Lipinski definition) is 6. The SMILES string of the molecule is CCC(C)C(=O)NC(C(=O)N1CC(F)CC1Cn1c(-c2[nH]c3cc(F)ccc3c2CC2CC(F)CN2C(=O)C(CC(=O)C(C)NC)C2CCCCC2)nc2cc(F)ccc21)C1CC1. The number of aromatic nitrogens is 3. The van der Waals surface area contributed by atoms with Crippen molar-refractivity contribution >= 4 is 45.4 Å². The van der Waals surface area contributed by atoms with Gasteiger partial charge in [-0.1, -0.05) is 33.1 Å². The smallest absolute Gasteiger partial charge is 0.245 e. The van der Waals surface area contributed by atoms with Crippen molar-refractivity contribution in [2.24, 2.45) is 23.7 Å². The number of hydrogen-bond donors (Lipinski definition) is 3. The molecule has 2 aromatic carbocycles. The molecule has 3 amide bonds. The van der Waals surface area contributed by atoms with Crippen molar-refractivity contribution in [3.8, 4) is 11.5 Å². The van der Waals surface area contributed by atoms with Crippen LogP contribution in [-0.2, 0) is 32.1 Å². The molecule has 2 aromatic heterocycles. The van der Waals surface area contributed by atoms with Crippen LogP contribution >= 0.6 is 0 Å². The molecule has 4 aromatic rings. The third-order valence-electron chi connectivity index (χ3n) is 14.5. The highest BCUT2D eigenvalue weighted by Gasteiger charge is 2.46. The molecule has 8 unspecified atom stereocenters. The van der Waals surface area contributed by atoms with Gasteiger partial charge in [0.2, 0.25) is 17.7 Å². The van der Waals surface area contributed by atoms with E-state index in [1.165, 1.54) is 29.2 Å². The number of aromatic amines is 1. The summed E-state index contributed by atoms with van der Waals surface area (Å²) < 4.78 is 62.9. The third kappa shape index (κ3) is 9.40. The van der Waals surface area contributed by atoms with Crippen LogP contribution in [0.2, 0.25) is 0 Å². The average molecular weight is 876 g/mol. The minimum absolute atomic E-state index is 0.00664. The van der Waals surface area contributed by atoms with E-state index in [1.807, 2.05) is 18.4 Å². The van der Waals surface area contributed by atoms with Crippen molar-refractivity contribution in [3.63, 3.8) is 0 Å². The molecular weight excluding hydrogens is 815 g/mol. The summed E-state index contributed by atoms with van der Waals surface area (Å²) in [4.78, 5) is 66.9. The summed E-state index contributed by atoms with van der Waals surface area (Å²) in [6.45, 7) is 5.32. The van der Waals surface area contributed by atoms with Crippen LogP contribution in [0.3, 0.4) is 0 Å². The van der Waals surface area contributed by atoms with Crippen molar-refractivity contribution in [1.82, 2.24) is 35.0 Å². The molecule has 8 rings (SSSR count). The van der Waals surface area contributed by atoms with E-state index in [-0.39, 0.29) is 86.6 Å². The Morgan fingerprint density at radius 3 is 2.21 bits per heavy atom. The van der Waals surface area contributed by atoms with Crippen LogP contribution in [-0.4, -0.2) is 104 Å². The maximum Gasteiger partial charge on any atom is 0.245 e. The van der Waals surface area contributed by atoms with Crippen molar-refractivity contribution < 1.29 is 36.7 Å². The summed E-state index contributed by atoms with van der Waals surface area (Å²) in [5.41, 5.74) is 2.38. The topological polar surface area (TPSA) is 132 Å². The maximum atomic E-state index is 15.7. The number of halogens is 4. The van der Waals surface area contributed by atoms with Gasteiger partial charge in [0.25, 0.3) is 0 Å². The van der Waals surface area contributed by atoms with Crippen LogP contribution in [0.25, 0.3) is 33.5 Å². The van der Waals surface area contributed by atoms with Gasteiger partial charge in [-0.05, 0) is 100 Å². The number of benzene rings is 2. The molecule has 4 fully saturated rings. The largest absolute Gasteiger partial charge is 0.352 e. The number of nitrogens with one attached hydrogen (secondary N) is 3. The Morgan fingerprint density at radius 2 is 1.52 bits per heavy atom. The average Bonchev–Trinajstić information content (AvgIpc) is 3.64. The second-order valence-corrected chi connectivity index (χ2v) is 18.8. The number of amides is 3. The number of alkyl halides is 2. The summed E-state index contributed by atoms with van der Waals surface area (Å²) >= 11 is 0. The van der Waals surface area contributed by atoms with Crippen molar-refractivity contribution in [1.29, 1.82) is 0 Å². The number of carbonyl (C=O) groups is 4. The highest BCUT2D eigenvalue weighted by atomic mass is 19.1. The van der Waals surface area contributed by atoms with Crippen molar-refractivity contribution in [3.05, 3.63) is 53.6 Å². The Morgan fingerprint density at radius 1 is 0.857 bits per heavy atom. The van der Waals surface area contributed by atoms with Gasteiger partial charge in [-0.15, -0.1) is 0 Å². The molecule has 0 radical (unpaired) electrons. The van der Waals surface area contributed by atoms with Crippen LogP contribution in [0.1, 0.15) is 97.0 Å². The first kappa shape index (κ1) is 44.8. The minimum atomic E-state index is -1.32. The minimum Gasteiger partial charge on any atom is -0.352 e. The van der Waals surface area contributed by atoms with E-state index in [1.54, 1.807) is 31.0 Å². The van der Waals surface area contributed by atoms with Crippen LogP contribution < -0.4 is 10.6 Å². The first-order chi connectivity index (χ1) is 30.2. The molecule has 2 aliphatic heterocycles. The normalized spacial score (nSPS) is 23.9. The number of Topliss-reactive ketones (excluding diaryl/α,β-unsaturated/α-hetero) is 1. The summed E-state index contributed by atoms with van der Waals surface area (Å²) in [6, 6.07) is 6.06. The van der Waals surface area contributed by atoms with E-state index in [0.717, 1.165) is 44.9 Å². The third-order valence-corrected chi connectivity index (χ3v) is 14.5. The van der Waals surface area contributed by atoms with E-state index < -0.39 is 54.1 Å². The highest BCUT2D eigenvalue weighted by molar-refractivity contribution is 5.93. The molecule has 0 bridgehead atoms. The monoisotopic (exact) mass is 875 g/mol. The van der Waals surface area contributed by atoms with E-state index in [0.29, 0.717) is 45.4 Å². The quantitative estimate of drug-likeness (QED) is 0.0995. The van der Waals surface area contributed by atoms with Gasteiger partial charge in [0.15, 0.2) is 5.82 Å². The van der Waals surface area contributed by atoms with Gasteiger partial charge in [0.05, 0.1) is 41.9 Å². The lowest BCUT2D eigenvalue weighted by molar-refractivity contribution is -0.141. The van der Waals surface area contributed by atoms with Crippen LogP contribution in [0.5, 0.6) is 0 Å². The van der Waals surface area contributed by atoms with Gasteiger partial charge in [-0.2, -0.15) is 0 Å². The Bertz CT molecular complexity index is 2340. The second kappa shape index (κ2) is 18.7. The summed E-state index contributed by atoms with van der Waals surface area (Å²) in [5.74, 6) is -2.43. The molecule has 2 aliphatic carbocycles. The molecule has 4 aliphatic rings. The number of nitrogens with zero attached hydrogens (tertiary/aromatic N) is 4. The Labute approximate surface area is 366 Å². The molecule has 11 nitrogen and oxygen atoms in total. The van der Waals surface area contributed by atoms with Gasteiger partial charge in [0.1, 0.15) is 35.8 Å². The molecular formula is C48H61F4N7O4. The number of rotatable bonds is 16. The molecule has 8 atom stereocenters. The zero-order chi connectivity index (χ0) is 44.7. The first-order valence-electron chi connectivity index (χ1n) is 23.1. The maximum absolute atomic E-state index is 15.7. The van der Waals surface area contributed by atoms with Crippen molar-refractivity contribution in [2.45, 2.75) is 141 Å². The van der Waals surface area contributed by atoms with Crippen molar-refractivity contribution in [2.75, 3.05) is 20.1 Å². The molecule has 3 N–H and O–H groups in total. The number of H-pyrrole nitrogens is 1. The van der Waals surface area contributed by atoms with Crippen LogP contribution in [0, 0.1) is 35.3 Å². The lowest BCUT2D eigenvalue weighted by Crippen LogP contribution is -2.52. The molecule has 0 spiro atoms. The predicted octanol–water partition coefficient (Wildman–Crippen LogP) is 7.59. The number of likely N-dealkylation sites (tertiary alicyclic amines) is 2. The molecule has 63 heavy (non-hydrogen) atoms.